The molecule has 0 radical (unpaired) electrons. The number of carbonyl (C=O) groups excluding carboxylic acids is 1. The van der Waals surface area contributed by atoms with E-state index in [0.717, 1.165) is 70.3 Å². The maximum absolute atomic E-state index is 12.9. The number of nitrogens with zero attached hydrogens (tertiary/aromatic N) is 6. The lowest BCUT2D eigenvalue weighted by Crippen LogP contribution is -2.31. The van der Waals surface area contributed by atoms with Crippen LogP contribution in [0.25, 0.3) is 33.8 Å². The maximum Gasteiger partial charge on any atom is 0.234 e. The number of anilines is 1. The molecule has 1 aliphatic heterocycles. The Bertz CT molecular complexity index is 1450. The minimum Gasteiger partial charge on any atom is -0.325 e. The van der Waals surface area contributed by atoms with Gasteiger partial charge in [0.1, 0.15) is 23.4 Å². The number of hydrogen-bond acceptors (Lipinski definition) is 5. The average Bonchev–Trinajstić information content (AvgIpc) is 3.37. The minimum atomic E-state index is -0.502. The Morgan fingerprint density at radius 1 is 1.18 bits per heavy atom. The molecular weight excluding hydrogens is 426 g/mol. The lowest BCUT2D eigenvalue weighted by atomic mass is 9.78. The molecule has 4 aromatic rings. The fraction of sp³-hybridized carbons (Fsp3) is 0.423. The molecule has 0 spiro atoms. The Morgan fingerprint density at radius 2 is 2.00 bits per heavy atom. The highest BCUT2D eigenvalue weighted by Gasteiger charge is 2.46. The standard InChI is InChI=1S/C26H29N7O/c1-5-32-23(18-13-29-33(6-2)15(18)3)31-22-21(27-14-28-24(22)32)17-9-10-20-19(11-17)26(4,25(34)30-20)12-16-7-8-16/h9-11,13-14,16H,5-8,12H2,1-4H3,(H,30,34)/t26-/m1/s1. The molecule has 6 rings (SSSR count). The third kappa shape index (κ3) is 3.01. The van der Waals surface area contributed by atoms with Crippen LogP contribution >= 0.6 is 0 Å². The van der Waals surface area contributed by atoms with E-state index < -0.39 is 5.41 Å². The Hall–Kier alpha value is -3.55. The van der Waals surface area contributed by atoms with Crippen LogP contribution < -0.4 is 5.32 Å². The van der Waals surface area contributed by atoms with E-state index in [9.17, 15) is 4.79 Å². The molecule has 1 N–H and O–H groups in total. The van der Waals surface area contributed by atoms with E-state index in [2.05, 4.69) is 58.7 Å². The van der Waals surface area contributed by atoms with E-state index in [1.807, 2.05) is 23.0 Å². The fourth-order valence-corrected chi connectivity index (χ4v) is 5.38. The molecule has 1 saturated carbocycles. The average molecular weight is 456 g/mol. The number of aromatic nitrogens is 6. The van der Waals surface area contributed by atoms with Crippen LogP contribution in [-0.2, 0) is 23.3 Å². The molecule has 4 heterocycles. The highest BCUT2D eigenvalue weighted by molar-refractivity contribution is 6.06. The zero-order valence-corrected chi connectivity index (χ0v) is 20.1. The third-order valence-electron chi connectivity index (χ3n) is 7.52. The van der Waals surface area contributed by atoms with Crippen LogP contribution in [0.3, 0.4) is 0 Å². The zero-order valence-electron chi connectivity index (χ0n) is 20.1. The van der Waals surface area contributed by atoms with Crippen molar-refractivity contribution in [3.63, 3.8) is 0 Å². The summed E-state index contributed by atoms with van der Waals surface area (Å²) in [5.41, 5.74) is 6.87. The predicted molar refractivity (Wildman–Crippen MR) is 131 cm³/mol. The molecule has 1 fully saturated rings. The van der Waals surface area contributed by atoms with E-state index in [0.29, 0.717) is 5.92 Å². The molecule has 34 heavy (non-hydrogen) atoms. The first-order chi connectivity index (χ1) is 16.4. The van der Waals surface area contributed by atoms with Crippen LogP contribution in [0, 0.1) is 12.8 Å². The van der Waals surface area contributed by atoms with Crippen molar-refractivity contribution in [3.8, 4) is 22.6 Å². The van der Waals surface area contributed by atoms with Crippen molar-refractivity contribution in [2.24, 2.45) is 5.92 Å². The van der Waals surface area contributed by atoms with Gasteiger partial charge in [-0.05, 0) is 57.7 Å². The first-order valence-corrected chi connectivity index (χ1v) is 12.1. The molecule has 1 amide bonds. The summed E-state index contributed by atoms with van der Waals surface area (Å²) in [5.74, 6) is 1.60. The molecule has 174 valence electrons. The monoisotopic (exact) mass is 455 g/mol. The van der Waals surface area contributed by atoms with Crippen molar-refractivity contribution in [2.45, 2.75) is 65.5 Å². The van der Waals surface area contributed by atoms with Crippen molar-refractivity contribution >= 4 is 22.8 Å². The second-order valence-electron chi connectivity index (χ2n) is 9.73. The molecule has 3 aromatic heterocycles. The minimum absolute atomic E-state index is 0.0975. The first-order valence-electron chi connectivity index (χ1n) is 12.1. The number of amides is 1. The Labute approximate surface area is 198 Å². The smallest absolute Gasteiger partial charge is 0.234 e. The molecule has 2 aliphatic rings. The number of nitrogens with one attached hydrogen (secondary N) is 1. The summed E-state index contributed by atoms with van der Waals surface area (Å²) in [5, 5.41) is 7.61. The fourth-order valence-electron chi connectivity index (χ4n) is 5.38. The number of aryl methyl sites for hydroxylation is 2. The highest BCUT2D eigenvalue weighted by Crippen LogP contribution is 2.48. The molecule has 8 heteroatoms. The Kier molecular flexibility index (Phi) is 4.62. The second kappa shape index (κ2) is 7.48. The Balaban J connectivity index is 1.51. The summed E-state index contributed by atoms with van der Waals surface area (Å²) in [6.45, 7) is 9.88. The summed E-state index contributed by atoms with van der Waals surface area (Å²) in [4.78, 5) is 27.2. The van der Waals surface area contributed by atoms with Gasteiger partial charge in [0.2, 0.25) is 5.91 Å². The van der Waals surface area contributed by atoms with Gasteiger partial charge in [-0.3, -0.25) is 9.48 Å². The normalized spacial score (nSPS) is 19.6. The van der Waals surface area contributed by atoms with Gasteiger partial charge in [0.25, 0.3) is 0 Å². The van der Waals surface area contributed by atoms with Crippen LogP contribution in [0.5, 0.6) is 0 Å². The second-order valence-corrected chi connectivity index (χ2v) is 9.73. The molecule has 0 bridgehead atoms. The van der Waals surface area contributed by atoms with Gasteiger partial charge >= 0.3 is 0 Å². The van der Waals surface area contributed by atoms with Gasteiger partial charge < -0.3 is 9.88 Å². The van der Waals surface area contributed by atoms with Crippen LogP contribution in [-0.4, -0.2) is 35.2 Å². The molecule has 8 nitrogen and oxygen atoms in total. The molecule has 0 unspecified atom stereocenters. The van der Waals surface area contributed by atoms with Crippen LogP contribution in [0.4, 0.5) is 5.69 Å². The largest absolute Gasteiger partial charge is 0.325 e. The van der Waals surface area contributed by atoms with Crippen LogP contribution in [0.15, 0.2) is 30.7 Å². The number of rotatable bonds is 6. The van der Waals surface area contributed by atoms with Gasteiger partial charge in [-0.25, -0.2) is 15.0 Å². The number of imidazole rings is 1. The number of carbonyl (C=O) groups is 1. The first kappa shape index (κ1) is 21.0. The molecule has 0 saturated heterocycles. The summed E-state index contributed by atoms with van der Waals surface area (Å²) in [6.07, 6.45) is 6.82. The van der Waals surface area contributed by atoms with Gasteiger partial charge in [-0.2, -0.15) is 5.10 Å². The predicted octanol–water partition coefficient (Wildman–Crippen LogP) is 4.71. The Morgan fingerprint density at radius 3 is 2.71 bits per heavy atom. The van der Waals surface area contributed by atoms with E-state index in [-0.39, 0.29) is 5.91 Å². The number of hydrogen-bond donors (Lipinski definition) is 1. The number of fused-ring (bicyclic) bond motifs is 2. The summed E-state index contributed by atoms with van der Waals surface area (Å²) < 4.78 is 4.10. The van der Waals surface area contributed by atoms with Gasteiger partial charge in [0.05, 0.1) is 17.2 Å². The molecule has 1 aromatic carbocycles. The molecular formula is C26H29N7O. The van der Waals surface area contributed by atoms with Crippen molar-refractivity contribution in [1.29, 1.82) is 0 Å². The highest BCUT2D eigenvalue weighted by atomic mass is 16.2. The maximum atomic E-state index is 12.9. The van der Waals surface area contributed by atoms with Gasteiger partial charge in [-0.15, -0.1) is 0 Å². The van der Waals surface area contributed by atoms with Crippen molar-refractivity contribution in [2.75, 3.05) is 5.32 Å². The topological polar surface area (TPSA) is 90.5 Å². The van der Waals surface area contributed by atoms with E-state index in [4.69, 9.17) is 4.98 Å². The summed E-state index contributed by atoms with van der Waals surface area (Å²) >= 11 is 0. The van der Waals surface area contributed by atoms with Crippen molar-refractivity contribution < 1.29 is 4.79 Å². The third-order valence-corrected chi connectivity index (χ3v) is 7.52. The number of benzene rings is 1. The van der Waals surface area contributed by atoms with Crippen molar-refractivity contribution in [3.05, 3.63) is 42.0 Å². The van der Waals surface area contributed by atoms with Crippen LogP contribution in [0.2, 0.25) is 0 Å². The van der Waals surface area contributed by atoms with Gasteiger partial charge in [0, 0.05) is 30.0 Å². The quantitative estimate of drug-likeness (QED) is 0.454. The summed E-state index contributed by atoms with van der Waals surface area (Å²) in [7, 11) is 0. The van der Waals surface area contributed by atoms with Crippen molar-refractivity contribution in [1.82, 2.24) is 29.3 Å². The molecule has 1 atom stereocenters. The van der Waals surface area contributed by atoms with Gasteiger partial charge in [0.15, 0.2) is 5.65 Å². The zero-order chi connectivity index (χ0) is 23.6. The van der Waals surface area contributed by atoms with E-state index in [1.165, 1.54) is 12.8 Å². The summed E-state index contributed by atoms with van der Waals surface area (Å²) in [6, 6.07) is 6.15. The molecule has 1 aliphatic carbocycles. The lowest BCUT2D eigenvalue weighted by Gasteiger charge is -2.22. The van der Waals surface area contributed by atoms with E-state index in [1.54, 1.807) is 6.33 Å². The van der Waals surface area contributed by atoms with E-state index >= 15 is 0 Å². The van der Waals surface area contributed by atoms with Crippen LogP contribution in [0.1, 0.15) is 51.3 Å². The lowest BCUT2D eigenvalue weighted by molar-refractivity contribution is -0.120. The SMILES string of the molecule is CCn1ncc(-c2nc3c(-c4ccc5c(c4)[C@@](C)(CC4CC4)C(=O)N5)ncnc3n2CC)c1C. The van der Waals surface area contributed by atoms with Gasteiger partial charge in [-0.1, -0.05) is 18.9 Å².